The fraction of sp³-hybridized carbons (Fsp3) is 0.450. The minimum Gasteiger partial charge on any atom is -0.479 e. The van der Waals surface area contributed by atoms with Gasteiger partial charge >= 0.3 is 6.03 Å². The number of nitrogens with zero attached hydrogens (tertiary/aromatic N) is 3. The molecule has 0 spiro atoms. The summed E-state index contributed by atoms with van der Waals surface area (Å²) in [5.74, 6) is 1.43. The van der Waals surface area contributed by atoms with Crippen molar-refractivity contribution in [2.45, 2.75) is 45.3 Å². The molecule has 0 saturated carbocycles. The number of urea groups is 1. The number of benzene rings is 1. The highest BCUT2D eigenvalue weighted by atomic mass is 16.5. The third-order valence-corrected chi connectivity index (χ3v) is 5.32. The van der Waals surface area contributed by atoms with Crippen LogP contribution in [-0.4, -0.2) is 42.2 Å². The molecule has 1 N–H and O–H groups in total. The SMILES string of the molecule is C[C@H]1Oc2cc(NC(=O)N(C)Cc3noc4c3CCCC4)ccc2N(C)C1=O. The van der Waals surface area contributed by atoms with Crippen LogP contribution in [0, 0.1) is 0 Å². The van der Waals surface area contributed by atoms with Gasteiger partial charge in [0.05, 0.1) is 12.2 Å². The van der Waals surface area contributed by atoms with Crippen molar-refractivity contribution >= 4 is 23.3 Å². The highest BCUT2D eigenvalue weighted by molar-refractivity contribution is 6.00. The lowest BCUT2D eigenvalue weighted by molar-refractivity contribution is -0.125. The molecule has 1 atom stereocenters. The molecule has 3 amide bonds. The van der Waals surface area contributed by atoms with E-state index in [0.29, 0.717) is 23.7 Å². The Morgan fingerprint density at radius 1 is 1.36 bits per heavy atom. The summed E-state index contributed by atoms with van der Waals surface area (Å²) in [4.78, 5) is 27.8. The largest absolute Gasteiger partial charge is 0.479 e. The lowest BCUT2D eigenvalue weighted by atomic mass is 9.96. The van der Waals surface area contributed by atoms with Crippen LogP contribution in [-0.2, 0) is 24.2 Å². The number of carbonyl (C=O) groups excluding carboxylic acids is 2. The lowest BCUT2D eigenvalue weighted by Crippen LogP contribution is -2.42. The Bertz CT molecular complexity index is 923. The zero-order chi connectivity index (χ0) is 19.8. The molecular weight excluding hydrogens is 360 g/mol. The summed E-state index contributed by atoms with van der Waals surface area (Å²) in [5.41, 5.74) is 3.27. The molecule has 2 heterocycles. The van der Waals surface area contributed by atoms with Gasteiger partial charge < -0.3 is 24.4 Å². The summed E-state index contributed by atoms with van der Waals surface area (Å²) >= 11 is 0. The first-order chi connectivity index (χ1) is 13.4. The molecule has 0 unspecified atom stereocenters. The predicted molar refractivity (Wildman–Crippen MR) is 104 cm³/mol. The van der Waals surface area contributed by atoms with E-state index in [1.165, 1.54) is 0 Å². The van der Waals surface area contributed by atoms with E-state index in [2.05, 4.69) is 10.5 Å². The molecule has 4 rings (SSSR count). The van der Waals surface area contributed by atoms with Gasteiger partial charge in [-0.1, -0.05) is 5.16 Å². The highest BCUT2D eigenvalue weighted by Gasteiger charge is 2.29. The lowest BCUT2D eigenvalue weighted by Gasteiger charge is -2.30. The van der Waals surface area contributed by atoms with E-state index in [9.17, 15) is 9.59 Å². The Kier molecular flexibility index (Phi) is 4.70. The number of fused-ring (bicyclic) bond motifs is 2. The van der Waals surface area contributed by atoms with Crippen LogP contribution < -0.4 is 15.0 Å². The zero-order valence-corrected chi connectivity index (χ0v) is 16.3. The quantitative estimate of drug-likeness (QED) is 0.879. The summed E-state index contributed by atoms with van der Waals surface area (Å²) < 4.78 is 11.1. The summed E-state index contributed by atoms with van der Waals surface area (Å²) in [7, 11) is 3.44. The normalized spacial score (nSPS) is 18.2. The van der Waals surface area contributed by atoms with E-state index in [0.717, 1.165) is 42.7 Å². The van der Waals surface area contributed by atoms with Crippen molar-refractivity contribution in [2.75, 3.05) is 24.3 Å². The Labute approximate surface area is 163 Å². The zero-order valence-electron chi connectivity index (χ0n) is 16.3. The van der Waals surface area contributed by atoms with Crippen LogP contribution in [0.15, 0.2) is 22.7 Å². The van der Waals surface area contributed by atoms with Crippen molar-refractivity contribution in [2.24, 2.45) is 0 Å². The summed E-state index contributed by atoms with van der Waals surface area (Å²) in [6.45, 7) is 2.10. The average Bonchev–Trinajstić information content (AvgIpc) is 3.09. The molecule has 0 saturated heterocycles. The van der Waals surface area contributed by atoms with Crippen LogP contribution in [0.4, 0.5) is 16.2 Å². The van der Waals surface area contributed by atoms with Gasteiger partial charge in [-0.15, -0.1) is 0 Å². The van der Waals surface area contributed by atoms with Crippen LogP contribution in [0.2, 0.25) is 0 Å². The maximum atomic E-state index is 12.6. The van der Waals surface area contributed by atoms with E-state index in [-0.39, 0.29) is 11.9 Å². The molecule has 0 bridgehead atoms. The molecule has 8 nitrogen and oxygen atoms in total. The molecule has 148 valence electrons. The van der Waals surface area contributed by atoms with E-state index in [4.69, 9.17) is 9.26 Å². The van der Waals surface area contributed by atoms with Crippen LogP contribution in [0.3, 0.4) is 0 Å². The molecule has 28 heavy (non-hydrogen) atoms. The van der Waals surface area contributed by atoms with Gasteiger partial charge in [-0.05, 0) is 38.3 Å². The smallest absolute Gasteiger partial charge is 0.321 e. The van der Waals surface area contributed by atoms with Crippen LogP contribution in [0.1, 0.15) is 36.8 Å². The molecule has 1 aliphatic heterocycles. The fourth-order valence-corrected chi connectivity index (χ4v) is 3.68. The second-order valence-corrected chi connectivity index (χ2v) is 7.36. The molecule has 0 radical (unpaired) electrons. The van der Waals surface area contributed by atoms with Gasteiger partial charge in [-0.3, -0.25) is 4.79 Å². The van der Waals surface area contributed by atoms with Crippen LogP contribution in [0.5, 0.6) is 5.75 Å². The minimum absolute atomic E-state index is 0.0973. The second-order valence-electron chi connectivity index (χ2n) is 7.36. The number of likely N-dealkylation sites (N-methyl/N-ethyl adjacent to an activating group) is 1. The van der Waals surface area contributed by atoms with E-state index in [1.807, 2.05) is 0 Å². The molecule has 2 aliphatic rings. The van der Waals surface area contributed by atoms with Gasteiger partial charge in [0, 0.05) is 37.8 Å². The number of anilines is 2. The van der Waals surface area contributed by atoms with Crippen LogP contribution >= 0.6 is 0 Å². The van der Waals surface area contributed by atoms with Crippen molar-refractivity contribution in [1.82, 2.24) is 10.1 Å². The van der Waals surface area contributed by atoms with Crippen molar-refractivity contribution in [3.8, 4) is 5.75 Å². The van der Waals surface area contributed by atoms with Gasteiger partial charge in [-0.25, -0.2) is 4.79 Å². The summed E-state index contributed by atoms with van der Waals surface area (Å²) in [5, 5.41) is 7.02. The number of aromatic nitrogens is 1. The molecular formula is C20H24N4O4. The van der Waals surface area contributed by atoms with E-state index in [1.54, 1.807) is 49.0 Å². The van der Waals surface area contributed by atoms with Gasteiger partial charge in [0.1, 0.15) is 17.2 Å². The van der Waals surface area contributed by atoms with Crippen molar-refractivity contribution in [1.29, 1.82) is 0 Å². The Morgan fingerprint density at radius 3 is 2.96 bits per heavy atom. The number of nitrogens with one attached hydrogen (secondary N) is 1. The number of ether oxygens (including phenoxy) is 1. The fourth-order valence-electron chi connectivity index (χ4n) is 3.68. The highest BCUT2D eigenvalue weighted by Crippen LogP contribution is 2.35. The van der Waals surface area contributed by atoms with Crippen molar-refractivity contribution in [3.05, 3.63) is 35.2 Å². The van der Waals surface area contributed by atoms with Gasteiger partial charge in [-0.2, -0.15) is 0 Å². The van der Waals surface area contributed by atoms with Crippen molar-refractivity contribution < 1.29 is 18.8 Å². The Balaban J connectivity index is 1.44. The summed E-state index contributed by atoms with van der Waals surface area (Å²) in [6.07, 6.45) is 3.57. The molecule has 1 aromatic carbocycles. The topological polar surface area (TPSA) is 87.9 Å². The maximum absolute atomic E-state index is 12.6. The third-order valence-electron chi connectivity index (χ3n) is 5.32. The van der Waals surface area contributed by atoms with E-state index >= 15 is 0 Å². The molecule has 8 heteroatoms. The molecule has 0 fully saturated rings. The third kappa shape index (κ3) is 3.30. The first-order valence-electron chi connectivity index (χ1n) is 9.50. The molecule has 1 aliphatic carbocycles. The van der Waals surface area contributed by atoms with E-state index < -0.39 is 6.10 Å². The van der Waals surface area contributed by atoms with Gasteiger partial charge in [0.25, 0.3) is 5.91 Å². The van der Waals surface area contributed by atoms with Crippen LogP contribution in [0.25, 0.3) is 0 Å². The second kappa shape index (κ2) is 7.18. The number of rotatable bonds is 3. The number of hydrogen-bond acceptors (Lipinski definition) is 5. The van der Waals surface area contributed by atoms with Gasteiger partial charge in [0.2, 0.25) is 0 Å². The Hall–Kier alpha value is -3.03. The number of amides is 3. The predicted octanol–water partition coefficient (Wildman–Crippen LogP) is 2.96. The first kappa shape index (κ1) is 18.3. The molecule has 2 aromatic rings. The monoisotopic (exact) mass is 384 g/mol. The van der Waals surface area contributed by atoms with Crippen molar-refractivity contribution in [3.63, 3.8) is 0 Å². The number of carbonyl (C=O) groups is 2. The Morgan fingerprint density at radius 2 is 2.14 bits per heavy atom. The standard InChI is InChI=1S/C20H24N4O4/c1-12-19(25)24(3)16-9-8-13(10-18(16)27-12)21-20(26)23(2)11-15-14-6-4-5-7-17(14)28-22-15/h8-10,12H,4-7,11H2,1-3H3,(H,21,26)/t12-/m1/s1. The average molecular weight is 384 g/mol. The molecule has 1 aromatic heterocycles. The summed E-state index contributed by atoms with van der Waals surface area (Å²) in [6, 6.07) is 5.01. The number of aryl methyl sites for hydroxylation is 1. The minimum atomic E-state index is -0.551. The van der Waals surface area contributed by atoms with Gasteiger partial charge in [0.15, 0.2) is 6.10 Å². The maximum Gasteiger partial charge on any atom is 0.321 e. The first-order valence-corrected chi connectivity index (χ1v) is 9.50. The number of hydrogen-bond donors (Lipinski definition) is 1.